The molecule has 18 heavy (non-hydrogen) atoms. The molecule has 0 amide bonds. The molecule has 0 radical (unpaired) electrons. The van der Waals surface area contributed by atoms with Crippen molar-refractivity contribution in [3.05, 3.63) is 27.2 Å². The van der Waals surface area contributed by atoms with Gasteiger partial charge >= 0.3 is 5.69 Å². The lowest BCUT2D eigenvalue weighted by Crippen LogP contribution is -2.36. The van der Waals surface area contributed by atoms with Crippen LogP contribution < -0.4 is 11.2 Å². The van der Waals surface area contributed by atoms with Crippen molar-refractivity contribution in [2.45, 2.75) is 19.8 Å². The van der Waals surface area contributed by atoms with Gasteiger partial charge in [0.05, 0.1) is 6.33 Å². The fourth-order valence-electron chi connectivity index (χ4n) is 1.40. The van der Waals surface area contributed by atoms with Gasteiger partial charge in [0.25, 0.3) is 5.56 Å². The van der Waals surface area contributed by atoms with Crippen molar-refractivity contribution in [1.29, 1.82) is 0 Å². The number of nitrogens with one attached hydrogen (secondary N) is 1. The Labute approximate surface area is 109 Å². The van der Waals surface area contributed by atoms with Crippen molar-refractivity contribution in [2.24, 2.45) is 14.1 Å². The monoisotopic (exact) mass is 272 g/mol. The zero-order chi connectivity index (χ0) is 13.7. The van der Waals surface area contributed by atoms with E-state index in [2.05, 4.69) is 16.9 Å². The summed E-state index contributed by atoms with van der Waals surface area (Å²) in [4.78, 5) is 29.4. The van der Waals surface area contributed by atoms with Crippen LogP contribution in [-0.2, 0) is 14.1 Å². The lowest BCUT2D eigenvalue weighted by Gasteiger charge is -2.00. The van der Waals surface area contributed by atoms with Crippen LogP contribution in [0, 0.1) is 0 Å². The fourth-order valence-corrected chi connectivity index (χ4v) is 1.67. The lowest BCUT2D eigenvalue weighted by molar-refractivity contribution is 0.709. The van der Waals surface area contributed by atoms with Crippen molar-refractivity contribution >= 4 is 22.8 Å². The van der Waals surface area contributed by atoms with Gasteiger partial charge in [-0.2, -0.15) is 0 Å². The average Bonchev–Trinajstić information content (AvgIpc) is 2.85. The second kappa shape index (κ2) is 6.39. The molecule has 2 aromatic rings. The number of aromatic nitrogens is 4. The first-order valence-electron chi connectivity index (χ1n) is 5.69. The summed E-state index contributed by atoms with van der Waals surface area (Å²) in [6, 6.07) is 0. The molecule has 0 aliphatic carbocycles. The maximum Gasteiger partial charge on any atom is 0.332 e. The molecule has 0 aromatic carbocycles. The Hall–Kier alpha value is -1.56. The summed E-state index contributed by atoms with van der Waals surface area (Å²) in [5.74, 6) is 0.816. The van der Waals surface area contributed by atoms with E-state index < -0.39 is 0 Å². The number of aromatic amines is 1. The van der Waals surface area contributed by atoms with Gasteiger partial charge in [0.15, 0.2) is 5.65 Å². The molecular weight excluding hydrogens is 256 g/mol. The van der Waals surface area contributed by atoms with E-state index in [0.717, 1.165) is 16.9 Å². The maximum atomic E-state index is 11.4. The van der Waals surface area contributed by atoms with E-state index in [-0.39, 0.29) is 11.2 Å². The summed E-state index contributed by atoms with van der Waals surface area (Å²) in [5, 5.41) is 0. The highest BCUT2D eigenvalue weighted by molar-refractivity contribution is 6.17. The summed E-state index contributed by atoms with van der Waals surface area (Å²) in [5.41, 5.74) is 0.0119. The minimum Gasteiger partial charge on any atom is -0.339 e. The quantitative estimate of drug-likeness (QED) is 0.829. The summed E-state index contributed by atoms with van der Waals surface area (Å²) >= 11 is 5.30. The molecule has 0 bridgehead atoms. The molecule has 0 atom stereocenters. The van der Waals surface area contributed by atoms with E-state index in [1.54, 1.807) is 7.05 Å². The van der Waals surface area contributed by atoms with Gasteiger partial charge in [0, 0.05) is 20.0 Å². The number of aryl methyl sites for hydroxylation is 1. The van der Waals surface area contributed by atoms with E-state index >= 15 is 0 Å². The van der Waals surface area contributed by atoms with Crippen LogP contribution in [0.4, 0.5) is 0 Å². The molecule has 2 rings (SSSR count). The van der Waals surface area contributed by atoms with Gasteiger partial charge in [-0.15, -0.1) is 11.6 Å². The minimum atomic E-state index is -0.371. The lowest BCUT2D eigenvalue weighted by atomic mass is 10.4. The Balaban J connectivity index is 0.000000280. The summed E-state index contributed by atoms with van der Waals surface area (Å²) < 4.78 is 2.37. The van der Waals surface area contributed by atoms with Crippen molar-refractivity contribution in [1.82, 2.24) is 19.1 Å². The number of hydrogen-bond acceptors (Lipinski definition) is 3. The molecule has 6 nitrogen and oxygen atoms in total. The molecule has 2 heterocycles. The highest BCUT2D eigenvalue weighted by Gasteiger charge is 2.08. The molecule has 1 N–H and O–H groups in total. The van der Waals surface area contributed by atoms with Crippen LogP contribution >= 0.6 is 11.6 Å². The van der Waals surface area contributed by atoms with Crippen molar-refractivity contribution in [2.75, 3.05) is 5.88 Å². The Bertz CT molecular complexity index is 624. The predicted molar refractivity (Wildman–Crippen MR) is 72.2 cm³/mol. The number of alkyl halides is 1. The van der Waals surface area contributed by atoms with Crippen LogP contribution in [0.25, 0.3) is 11.2 Å². The number of unbranched alkanes of at least 4 members (excludes halogenated alkanes) is 1. The number of nitrogens with zero attached hydrogens (tertiary/aromatic N) is 3. The van der Waals surface area contributed by atoms with Gasteiger partial charge in [-0.3, -0.25) is 13.9 Å². The van der Waals surface area contributed by atoms with Gasteiger partial charge in [0.2, 0.25) is 0 Å². The molecule has 0 spiro atoms. The topological polar surface area (TPSA) is 72.7 Å². The molecule has 0 aliphatic rings. The fraction of sp³-hybridized carbons (Fsp3) is 0.545. The Morgan fingerprint density at radius 1 is 1.33 bits per heavy atom. The third kappa shape index (κ3) is 2.81. The number of rotatable bonds is 2. The Morgan fingerprint density at radius 3 is 2.50 bits per heavy atom. The minimum absolute atomic E-state index is 0.351. The van der Waals surface area contributed by atoms with Gasteiger partial charge in [-0.25, -0.2) is 9.78 Å². The van der Waals surface area contributed by atoms with Gasteiger partial charge in [-0.1, -0.05) is 13.3 Å². The third-order valence-electron chi connectivity index (χ3n) is 2.52. The average molecular weight is 273 g/mol. The number of fused-ring (bicyclic) bond motifs is 1. The van der Waals surface area contributed by atoms with Gasteiger partial charge < -0.3 is 4.98 Å². The number of halogens is 1. The molecule has 100 valence electrons. The number of H-pyrrole nitrogens is 1. The molecular formula is C11H17ClN4O2. The SMILES string of the molecule is CCCCCl.Cn1c(=O)c2[nH]cnc2n(C)c1=O. The second-order valence-corrected chi connectivity index (χ2v) is 4.23. The molecule has 0 aliphatic heterocycles. The van der Waals surface area contributed by atoms with Crippen LogP contribution in [0.5, 0.6) is 0 Å². The molecule has 0 saturated carbocycles. The smallest absolute Gasteiger partial charge is 0.332 e. The first kappa shape index (κ1) is 14.5. The zero-order valence-corrected chi connectivity index (χ0v) is 11.5. The van der Waals surface area contributed by atoms with Crippen LogP contribution in [0.1, 0.15) is 19.8 Å². The van der Waals surface area contributed by atoms with Crippen LogP contribution in [-0.4, -0.2) is 25.0 Å². The highest BCUT2D eigenvalue weighted by Crippen LogP contribution is 1.97. The van der Waals surface area contributed by atoms with Gasteiger partial charge in [-0.05, 0) is 6.42 Å². The first-order valence-corrected chi connectivity index (χ1v) is 6.23. The van der Waals surface area contributed by atoms with Crippen molar-refractivity contribution < 1.29 is 0 Å². The van der Waals surface area contributed by atoms with E-state index in [4.69, 9.17) is 11.6 Å². The van der Waals surface area contributed by atoms with Gasteiger partial charge in [0.1, 0.15) is 5.52 Å². The van der Waals surface area contributed by atoms with E-state index in [9.17, 15) is 9.59 Å². The molecule has 0 fully saturated rings. The standard InChI is InChI=1S/C7H8N4O2.C4H9Cl/c1-10-5-4(8-3-9-5)6(12)11(2)7(10)13;1-2-3-4-5/h3H,1-2H3,(H,8,9);2-4H2,1H3. The molecule has 0 saturated heterocycles. The van der Waals surface area contributed by atoms with Crippen LogP contribution in [0.2, 0.25) is 0 Å². The zero-order valence-electron chi connectivity index (χ0n) is 10.7. The van der Waals surface area contributed by atoms with Crippen molar-refractivity contribution in [3.8, 4) is 0 Å². The summed E-state index contributed by atoms with van der Waals surface area (Å²) in [7, 11) is 3.01. The second-order valence-electron chi connectivity index (χ2n) is 3.85. The Kier molecular flexibility index (Phi) is 5.15. The predicted octanol–water partition coefficient (Wildman–Crippen LogP) is 0.986. The summed E-state index contributed by atoms with van der Waals surface area (Å²) in [6.07, 6.45) is 3.76. The number of hydrogen-bond donors (Lipinski definition) is 1. The summed E-state index contributed by atoms with van der Waals surface area (Å²) in [6.45, 7) is 2.13. The molecule has 0 unspecified atom stereocenters. The maximum absolute atomic E-state index is 11.4. The largest absolute Gasteiger partial charge is 0.339 e. The van der Waals surface area contributed by atoms with Crippen LogP contribution in [0.15, 0.2) is 15.9 Å². The number of imidazole rings is 1. The normalized spacial score (nSPS) is 10.2. The Morgan fingerprint density at radius 2 is 2.00 bits per heavy atom. The first-order chi connectivity index (χ1) is 8.54. The van der Waals surface area contributed by atoms with Crippen molar-refractivity contribution in [3.63, 3.8) is 0 Å². The van der Waals surface area contributed by atoms with E-state index in [1.165, 1.54) is 24.4 Å². The molecule has 7 heteroatoms. The highest BCUT2D eigenvalue weighted by atomic mass is 35.5. The third-order valence-corrected chi connectivity index (χ3v) is 2.78. The molecule has 2 aromatic heterocycles. The van der Waals surface area contributed by atoms with E-state index in [0.29, 0.717) is 11.2 Å². The van der Waals surface area contributed by atoms with E-state index in [1.807, 2.05) is 0 Å². The van der Waals surface area contributed by atoms with Crippen LogP contribution in [0.3, 0.4) is 0 Å².